The molecule has 0 amide bonds. The molecule has 0 spiro atoms. The van der Waals surface area contributed by atoms with E-state index in [1.165, 1.54) is 0 Å². The molecule has 1 aliphatic rings. The third-order valence-corrected chi connectivity index (χ3v) is 4.04. The summed E-state index contributed by atoms with van der Waals surface area (Å²) < 4.78 is 10.6. The second-order valence-electron chi connectivity index (χ2n) is 5.56. The van der Waals surface area contributed by atoms with E-state index in [0.717, 1.165) is 11.1 Å². The zero-order valence-electron chi connectivity index (χ0n) is 12.7. The van der Waals surface area contributed by atoms with Crippen molar-refractivity contribution in [3.63, 3.8) is 0 Å². The van der Waals surface area contributed by atoms with E-state index in [4.69, 9.17) is 15.2 Å². The van der Waals surface area contributed by atoms with Crippen LogP contribution in [0.1, 0.15) is 17.5 Å². The van der Waals surface area contributed by atoms with E-state index < -0.39 is 11.5 Å². The summed E-state index contributed by atoms with van der Waals surface area (Å²) in [6, 6.07) is 3.86. The number of nitrogens with two attached hydrogens (primary N) is 1. The number of nitrogens with zero attached hydrogens (tertiary/aromatic N) is 1. The monoisotopic (exact) mass is 294 g/mol. The summed E-state index contributed by atoms with van der Waals surface area (Å²) in [5.41, 5.74) is 6.93. The SMILES string of the molecule is COc1cc(C)c(CN2CCC(N)(C(=O)O)C2)cc1OC. The van der Waals surface area contributed by atoms with Crippen molar-refractivity contribution in [3.8, 4) is 11.5 Å². The second kappa shape index (κ2) is 5.91. The molecule has 1 saturated heterocycles. The van der Waals surface area contributed by atoms with E-state index in [1.54, 1.807) is 14.2 Å². The Labute approximate surface area is 124 Å². The summed E-state index contributed by atoms with van der Waals surface area (Å²) in [5.74, 6) is 0.433. The van der Waals surface area contributed by atoms with E-state index in [1.807, 2.05) is 19.1 Å². The van der Waals surface area contributed by atoms with Gasteiger partial charge in [-0.1, -0.05) is 0 Å². The Hall–Kier alpha value is -1.79. The molecule has 0 bridgehead atoms. The van der Waals surface area contributed by atoms with Crippen LogP contribution in [0.25, 0.3) is 0 Å². The molecule has 21 heavy (non-hydrogen) atoms. The Morgan fingerprint density at radius 3 is 2.52 bits per heavy atom. The molecular formula is C15H22N2O4. The first-order chi connectivity index (χ1) is 9.89. The summed E-state index contributed by atoms with van der Waals surface area (Å²) in [6.07, 6.45) is 0.467. The molecule has 0 aliphatic carbocycles. The molecule has 0 aromatic heterocycles. The minimum absolute atomic E-state index is 0.357. The number of carboxylic acids is 1. The predicted octanol–water partition coefficient (Wildman–Crippen LogP) is 1.00. The molecule has 2 rings (SSSR count). The van der Waals surface area contributed by atoms with Gasteiger partial charge in [0, 0.05) is 19.6 Å². The molecule has 0 radical (unpaired) electrons. The van der Waals surface area contributed by atoms with Gasteiger partial charge in [-0.15, -0.1) is 0 Å². The smallest absolute Gasteiger partial charge is 0.325 e. The lowest BCUT2D eigenvalue weighted by atomic mass is 10.0. The summed E-state index contributed by atoms with van der Waals surface area (Å²) in [7, 11) is 3.20. The fraction of sp³-hybridized carbons (Fsp3) is 0.533. The molecule has 1 fully saturated rings. The van der Waals surface area contributed by atoms with Crippen molar-refractivity contribution in [1.82, 2.24) is 4.90 Å². The average molecular weight is 294 g/mol. The first kappa shape index (κ1) is 15.6. The van der Waals surface area contributed by atoms with E-state index in [-0.39, 0.29) is 0 Å². The van der Waals surface area contributed by atoms with Crippen LogP contribution in [0.2, 0.25) is 0 Å². The number of carboxylic acid groups (broad SMARTS) is 1. The van der Waals surface area contributed by atoms with Crippen LogP contribution in [0.5, 0.6) is 11.5 Å². The van der Waals surface area contributed by atoms with Gasteiger partial charge in [-0.25, -0.2) is 0 Å². The Bertz CT molecular complexity index is 547. The van der Waals surface area contributed by atoms with Gasteiger partial charge >= 0.3 is 5.97 Å². The molecule has 116 valence electrons. The van der Waals surface area contributed by atoms with E-state index >= 15 is 0 Å². The van der Waals surface area contributed by atoms with Crippen LogP contribution in [-0.4, -0.2) is 48.8 Å². The number of aliphatic carboxylic acids is 1. The highest BCUT2D eigenvalue weighted by atomic mass is 16.5. The molecule has 6 nitrogen and oxygen atoms in total. The Kier molecular flexibility index (Phi) is 4.39. The van der Waals surface area contributed by atoms with Gasteiger partial charge in [0.15, 0.2) is 11.5 Å². The number of ether oxygens (including phenoxy) is 2. The molecule has 1 unspecified atom stereocenters. The molecular weight excluding hydrogens is 272 g/mol. The normalized spacial score (nSPS) is 22.3. The molecule has 3 N–H and O–H groups in total. The van der Waals surface area contributed by atoms with Crippen LogP contribution in [0.15, 0.2) is 12.1 Å². The van der Waals surface area contributed by atoms with Crippen LogP contribution in [-0.2, 0) is 11.3 Å². The number of hydrogen-bond acceptors (Lipinski definition) is 5. The van der Waals surface area contributed by atoms with Crippen LogP contribution in [0.4, 0.5) is 0 Å². The van der Waals surface area contributed by atoms with Gasteiger partial charge in [0.1, 0.15) is 5.54 Å². The first-order valence-corrected chi connectivity index (χ1v) is 6.86. The van der Waals surface area contributed by atoms with Crippen LogP contribution >= 0.6 is 0 Å². The van der Waals surface area contributed by atoms with Crippen LogP contribution < -0.4 is 15.2 Å². The third kappa shape index (κ3) is 3.11. The maximum Gasteiger partial charge on any atom is 0.325 e. The van der Waals surface area contributed by atoms with Gasteiger partial charge in [0.25, 0.3) is 0 Å². The highest BCUT2D eigenvalue weighted by Gasteiger charge is 2.41. The number of carbonyl (C=O) groups is 1. The number of rotatable bonds is 5. The molecule has 1 heterocycles. The van der Waals surface area contributed by atoms with E-state index in [9.17, 15) is 9.90 Å². The number of hydrogen-bond donors (Lipinski definition) is 2. The van der Waals surface area contributed by atoms with Crippen molar-refractivity contribution in [2.75, 3.05) is 27.3 Å². The van der Waals surface area contributed by atoms with Crippen molar-refractivity contribution >= 4 is 5.97 Å². The van der Waals surface area contributed by atoms with Crippen molar-refractivity contribution in [2.45, 2.75) is 25.4 Å². The zero-order valence-corrected chi connectivity index (χ0v) is 12.7. The van der Waals surface area contributed by atoms with Crippen molar-refractivity contribution in [3.05, 3.63) is 23.3 Å². The first-order valence-electron chi connectivity index (χ1n) is 6.86. The van der Waals surface area contributed by atoms with Gasteiger partial charge in [-0.2, -0.15) is 0 Å². The zero-order chi connectivity index (χ0) is 15.6. The maximum atomic E-state index is 11.2. The molecule has 1 aromatic carbocycles. The number of methoxy groups -OCH3 is 2. The van der Waals surface area contributed by atoms with Crippen LogP contribution in [0.3, 0.4) is 0 Å². The molecule has 1 atom stereocenters. The van der Waals surface area contributed by atoms with E-state index in [2.05, 4.69) is 4.90 Å². The highest BCUT2D eigenvalue weighted by Crippen LogP contribution is 2.31. The van der Waals surface area contributed by atoms with Crippen molar-refractivity contribution < 1.29 is 19.4 Å². The average Bonchev–Trinajstić information content (AvgIpc) is 2.83. The standard InChI is InChI=1S/C15H22N2O4/c1-10-6-12(20-2)13(21-3)7-11(10)8-17-5-4-15(16,9-17)14(18)19/h6-7H,4-5,8-9,16H2,1-3H3,(H,18,19). The lowest BCUT2D eigenvalue weighted by molar-refractivity contribution is -0.142. The Balaban J connectivity index is 2.16. The van der Waals surface area contributed by atoms with Gasteiger partial charge in [0.05, 0.1) is 14.2 Å². The predicted molar refractivity (Wildman–Crippen MR) is 78.7 cm³/mol. The van der Waals surface area contributed by atoms with Crippen LogP contribution in [0, 0.1) is 6.92 Å². The summed E-state index contributed by atoms with van der Waals surface area (Å²) in [6.45, 7) is 3.69. The maximum absolute atomic E-state index is 11.2. The summed E-state index contributed by atoms with van der Waals surface area (Å²) >= 11 is 0. The third-order valence-electron chi connectivity index (χ3n) is 4.04. The van der Waals surface area contributed by atoms with E-state index in [0.29, 0.717) is 37.6 Å². The topological polar surface area (TPSA) is 85.0 Å². The lowest BCUT2D eigenvalue weighted by Crippen LogP contribution is -2.50. The molecule has 1 aromatic rings. The molecule has 6 heteroatoms. The van der Waals surface area contributed by atoms with Gasteiger partial charge < -0.3 is 20.3 Å². The van der Waals surface area contributed by atoms with Crippen molar-refractivity contribution in [1.29, 1.82) is 0 Å². The van der Waals surface area contributed by atoms with Crippen molar-refractivity contribution in [2.24, 2.45) is 5.73 Å². The Morgan fingerprint density at radius 1 is 1.38 bits per heavy atom. The number of aryl methyl sites for hydroxylation is 1. The minimum atomic E-state index is -1.13. The summed E-state index contributed by atoms with van der Waals surface area (Å²) in [5, 5.41) is 9.17. The fourth-order valence-corrected chi connectivity index (χ4v) is 2.66. The largest absolute Gasteiger partial charge is 0.493 e. The lowest BCUT2D eigenvalue weighted by Gasteiger charge is -2.21. The van der Waals surface area contributed by atoms with Gasteiger partial charge in [-0.3, -0.25) is 9.69 Å². The molecule has 0 saturated carbocycles. The van der Waals surface area contributed by atoms with Gasteiger partial charge in [0.2, 0.25) is 0 Å². The number of likely N-dealkylation sites (tertiary alicyclic amines) is 1. The second-order valence-corrected chi connectivity index (χ2v) is 5.56. The molecule has 1 aliphatic heterocycles. The summed E-state index contributed by atoms with van der Waals surface area (Å²) in [4.78, 5) is 13.2. The quantitative estimate of drug-likeness (QED) is 0.842. The number of benzene rings is 1. The Morgan fingerprint density at radius 2 is 2.00 bits per heavy atom. The highest BCUT2D eigenvalue weighted by molar-refractivity contribution is 5.79. The van der Waals surface area contributed by atoms with Gasteiger partial charge in [-0.05, 0) is 36.6 Å². The minimum Gasteiger partial charge on any atom is -0.493 e. The fourth-order valence-electron chi connectivity index (χ4n) is 2.66.